The molecular weight excluding hydrogens is 461 g/mol. The predicted molar refractivity (Wildman–Crippen MR) is 97.0 cm³/mol. The third-order valence-electron chi connectivity index (χ3n) is 2.87. The van der Waals surface area contributed by atoms with Crippen LogP contribution < -0.4 is 5.32 Å². The smallest absolute Gasteiger partial charge is 0.339 e. The van der Waals surface area contributed by atoms with Gasteiger partial charge in [-0.05, 0) is 65.4 Å². The number of anilines is 1. The van der Waals surface area contributed by atoms with E-state index in [4.69, 9.17) is 4.74 Å². The van der Waals surface area contributed by atoms with Crippen molar-refractivity contribution in [3.8, 4) is 0 Å². The van der Waals surface area contributed by atoms with Gasteiger partial charge in [0.2, 0.25) is 0 Å². The van der Waals surface area contributed by atoms with Gasteiger partial charge in [-0.3, -0.25) is 4.79 Å². The summed E-state index contributed by atoms with van der Waals surface area (Å²) in [7, 11) is 0. The maximum atomic E-state index is 11.9. The number of aryl methyl sites for hydroxylation is 1. The monoisotopic (exact) mass is 473 g/mol. The van der Waals surface area contributed by atoms with Crippen molar-refractivity contribution in [2.45, 2.75) is 6.92 Å². The second-order valence-corrected chi connectivity index (χ2v) is 6.58. The first-order valence-corrected chi connectivity index (χ1v) is 8.32. The number of esters is 1. The minimum atomic E-state index is -0.507. The summed E-state index contributed by atoms with van der Waals surface area (Å²) in [5.74, 6) is -0.881. The maximum Gasteiger partial charge on any atom is 0.339 e. The minimum Gasteiger partial charge on any atom is -0.452 e. The fourth-order valence-corrected chi connectivity index (χ4v) is 2.61. The van der Waals surface area contributed by atoms with Crippen molar-refractivity contribution < 1.29 is 14.3 Å². The van der Waals surface area contributed by atoms with E-state index >= 15 is 0 Å². The highest BCUT2D eigenvalue weighted by Gasteiger charge is 2.13. The number of amides is 1. The lowest BCUT2D eigenvalue weighted by atomic mass is 10.2. The molecule has 0 unspecified atom stereocenters. The van der Waals surface area contributed by atoms with Gasteiger partial charge < -0.3 is 10.1 Å². The van der Waals surface area contributed by atoms with E-state index < -0.39 is 5.97 Å². The molecule has 0 aromatic heterocycles. The molecule has 6 heteroatoms. The average Bonchev–Trinajstić information content (AvgIpc) is 2.49. The highest BCUT2D eigenvalue weighted by Crippen LogP contribution is 2.20. The predicted octanol–water partition coefficient (Wildman–Crippen LogP) is 4.16. The minimum absolute atomic E-state index is 0.321. The van der Waals surface area contributed by atoms with Crippen molar-refractivity contribution in [2.75, 3.05) is 11.9 Å². The third-order valence-corrected chi connectivity index (χ3v) is 4.70. The zero-order valence-electron chi connectivity index (χ0n) is 11.7. The van der Waals surface area contributed by atoms with Gasteiger partial charge in [0, 0.05) is 13.7 Å². The topological polar surface area (TPSA) is 55.4 Å². The first kappa shape index (κ1) is 17.0. The Morgan fingerprint density at radius 3 is 2.64 bits per heavy atom. The van der Waals surface area contributed by atoms with Crippen molar-refractivity contribution in [1.82, 2.24) is 0 Å². The zero-order valence-corrected chi connectivity index (χ0v) is 15.5. The molecule has 1 amide bonds. The van der Waals surface area contributed by atoms with Gasteiger partial charge in [-0.15, -0.1) is 0 Å². The van der Waals surface area contributed by atoms with Gasteiger partial charge in [0.05, 0.1) is 5.56 Å². The van der Waals surface area contributed by atoms with Crippen molar-refractivity contribution >= 4 is 56.1 Å². The number of rotatable bonds is 4. The summed E-state index contributed by atoms with van der Waals surface area (Å²) in [6.45, 7) is 1.61. The Kier molecular flexibility index (Phi) is 5.96. The van der Waals surface area contributed by atoms with Crippen LogP contribution in [0.3, 0.4) is 0 Å². The number of hydrogen-bond donors (Lipinski definition) is 1. The lowest BCUT2D eigenvalue weighted by Crippen LogP contribution is -2.21. The number of carbonyl (C=O) groups excluding carboxylic acids is 2. The molecule has 0 aliphatic rings. The number of benzene rings is 2. The standard InChI is InChI=1S/C16H13BrINO3/c1-10-8-11(6-7-13(10)17)19-15(20)9-22-16(21)12-4-2-3-5-14(12)18/h2-8H,9H2,1H3,(H,19,20). The summed E-state index contributed by atoms with van der Waals surface area (Å²) in [5, 5.41) is 2.69. The molecule has 4 nitrogen and oxygen atoms in total. The number of ether oxygens (including phenoxy) is 1. The third kappa shape index (κ3) is 4.54. The van der Waals surface area contributed by atoms with Crippen molar-refractivity contribution in [3.63, 3.8) is 0 Å². The van der Waals surface area contributed by atoms with E-state index in [1.807, 2.05) is 31.2 Å². The molecule has 0 fully saturated rings. The van der Waals surface area contributed by atoms with Crippen LogP contribution in [0, 0.1) is 10.5 Å². The normalized spacial score (nSPS) is 10.1. The number of hydrogen-bond acceptors (Lipinski definition) is 3. The van der Waals surface area contributed by atoms with Gasteiger partial charge in [0.25, 0.3) is 5.91 Å². The highest BCUT2D eigenvalue weighted by molar-refractivity contribution is 14.1. The van der Waals surface area contributed by atoms with Gasteiger partial charge in [0.15, 0.2) is 6.61 Å². The van der Waals surface area contributed by atoms with E-state index in [1.165, 1.54) is 0 Å². The van der Waals surface area contributed by atoms with Crippen molar-refractivity contribution in [3.05, 3.63) is 61.6 Å². The quantitative estimate of drug-likeness (QED) is 0.536. The molecule has 2 rings (SSSR count). The van der Waals surface area contributed by atoms with E-state index in [9.17, 15) is 9.59 Å². The summed E-state index contributed by atoms with van der Waals surface area (Å²) in [6.07, 6.45) is 0. The van der Waals surface area contributed by atoms with Gasteiger partial charge in [-0.1, -0.05) is 28.1 Å². The first-order chi connectivity index (χ1) is 10.5. The number of carbonyl (C=O) groups is 2. The van der Waals surface area contributed by atoms with Crippen LogP contribution in [-0.2, 0) is 9.53 Å². The molecule has 0 heterocycles. The summed E-state index contributed by atoms with van der Waals surface area (Å²) in [4.78, 5) is 23.7. The zero-order chi connectivity index (χ0) is 16.1. The summed E-state index contributed by atoms with van der Waals surface area (Å²) in [6, 6.07) is 12.5. The first-order valence-electron chi connectivity index (χ1n) is 6.45. The van der Waals surface area contributed by atoms with Crippen LogP contribution in [0.1, 0.15) is 15.9 Å². The highest BCUT2D eigenvalue weighted by atomic mass is 127. The van der Waals surface area contributed by atoms with Crippen LogP contribution >= 0.6 is 38.5 Å². The molecule has 22 heavy (non-hydrogen) atoms. The molecule has 0 radical (unpaired) electrons. The molecule has 0 bridgehead atoms. The van der Waals surface area contributed by atoms with E-state index in [0.29, 0.717) is 11.3 Å². The lowest BCUT2D eigenvalue weighted by molar-refractivity contribution is -0.119. The lowest BCUT2D eigenvalue weighted by Gasteiger charge is -2.08. The number of nitrogens with one attached hydrogen (secondary N) is 1. The van der Waals surface area contributed by atoms with Crippen LogP contribution in [0.25, 0.3) is 0 Å². The van der Waals surface area contributed by atoms with Crippen LogP contribution in [0.15, 0.2) is 46.9 Å². The molecule has 0 aliphatic carbocycles. The van der Waals surface area contributed by atoms with Crippen LogP contribution in [-0.4, -0.2) is 18.5 Å². The Morgan fingerprint density at radius 2 is 1.95 bits per heavy atom. The van der Waals surface area contributed by atoms with Crippen LogP contribution in [0.2, 0.25) is 0 Å². The summed E-state index contributed by atoms with van der Waals surface area (Å²) < 4.78 is 6.79. The molecule has 0 saturated carbocycles. The Balaban J connectivity index is 1.91. The van der Waals surface area contributed by atoms with E-state index in [-0.39, 0.29) is 12.5 Å². The Labute approximate surface area is 150 Å². The van der Waals surface area contributed by atoms with E-state index in [1.54, 1.807) is 18.2 Å². The maximum absolute atomic E-state index is 11.9. The molecule has 0 atom stereocenters. The summed E-state index contributed by atoms with van der Waals surface area (Å²) in [5.41, 5.74) is 2.13. The Morgan fingerprint density at radius 1 is 1.23 bits per heavy atom. The van der Waals surface area contributed by atoms with E-state index in [2.05, 4.69) is 43.8 Å². The largest absolute Gasteiger partial charge is 0.452 e. The SMILES string of the molecule is Cc1cc(NC(=O)COC(=O)c2ccccc2I)ccc1Br. The average molecular weight is 474 g/mol. The molecule has 0 saturated heterocycles. The van der Waals surface area contributed by atoms with Crippen molar-refractivity contribution in [2.24, 2.45) is 0 Å². The Hall–Kier alpha value is -1.41. The second kappa shape index (κ2) is 7.73. The summed E-state index contributed by atoms with van der Waals surface area (Å²) >= 11 is 5.45. The van der Waals surface area contributed by atoms with Crippen molar-refractivity contribution in [1.29, 1.82) is 0 Å². The van der Waals surface area contributed by atoms with Crippen LogP contribution in [0.5, 0.6) is 0 Å². The Bertz CT molecular complexity index is 718. The molecule has 114 valence electrons. The van der Waals surface area contributed by atoms with Gasteiger partial charge >= 0.3 is 5.97 Å². The second-order valence-electron chi connectivity index (χ2n) is 4.57. The van der Waals surface area contributed by atoms with Crippen LogP contribution in [0.4, 0.5) is 5.69 Å². The fraction of sp³-hybridized carbons (Fsp3) is 0.125. The fourth-order valence-electron chi connectivity index (χ4n) is 1.76. The van der Waals surface area contributed by atoms with Gasteiger partial charge in [-0.2, -0.15) is 0 Å². The van der Waals surface area contributed by atoms with E-state index in [0.717, 1.165) is 13.6 Å². The molecule has 0 aliphatic heterocycles. The molecular formula is C16H13BrINO3. The molecule has 2 aromatic carbocycles. The molecule has 2 aromatic rings. The van der Waals surface area contributed by atoms with Gasteiger partial charge in [0.1, 0.15) is 0 Å². The number of halogens is 2. The molecule has 0 spiro atoms. The molecule has 1 N–H and O–H groups in total. The van der Waals surface area contributed by atoms with Gasteiger partial charge in [-0.25, -0.2) is 4.79 Å².